The first-order chi connectivity index (χ1) is 28.7. The summed E-state index contributed by atoms with van der Waals surface area (Å²) in [5.74, 6) is 1.14. The summed E-state index contributed by atoms with van der Waals surface area (Å²) in [5, 5.41) is 46.2. The first-order valence-corrected chi connectivity index (χ1v) is 23.1. The van der Waals surface area contributed by atoms with Crippen molar-refractivity contribution in [3.8, 4) is 0 Å². The summed E-state index contributed by atoms with van der Waals surface area (Å²) in [5.41, 5.74) is 2.45. The highest BCUT2D eigenvalue weighted by atomic mass is 16.6. The number of aliphatic hydroxyl groups excluding tert-OH is 5. The Hall–Kier alpha value is -1.44. The van der Waals surface area contributed by atoms with Gasteiger partial charge in [-0.25, -0.2) is 0 Å². The van der Waals surface area contributed by atoms with Gasteiger partial charge in [-0.1, -0.05) is 117 Å². The molecule has 0 radical (unpaired) electrons. The number of ether oxygens (including phenoxy) is 5. The highest BCUT2D eigenvalue weighted by Gasteiger charge is 2.20. The fourth-order valence-corrected chi connectivity index (χ4v) is 6.64. The lowest BCUT2D eigenvalue weighted by Gasteiger charge is -2.23. The smallest absolute Gasteiger partial charge is 0.154 e. The molecular weight excluding hydrogens is 761 g/mol. The van der Waals surface area contributed by atoms with Crippen molar-refractivity contribution >= 4 is 0 Å². The molecule has 60 heavy (non-hydrogen) atoms. The third-order valence-electron chi connectivity index (χ3n) is 10.8. The lowest BCUT2D eigenvalue weighted by atomic mass is 9.91. The zero-order valence-electron chi connectivity index (χ0n) is 42.3. The predicted molar refractivity (Wildman–Crippen MR) is 255 cm³/mol. The Morgan fingerprint density at radius 2 is 0.883 bits per heavy atom. The van der Waals surface area contributed by atoms with Crippen molar-refractivity contribution in [2.75, 3.05) is 49.3 Å². The first kappa shape index (κ1) is 67.6. The molecule has 0 aromatic carbocycles. The molecule has 0 saturated carbocycles. The van der Waals surface area contributed by atoms with Crippen LogP contribution in [0.3, 0.4) is 0 Å². The van der Waals surface area contributed by atoms with Gasteiger partial charge in [0.1, 0.15) is 0 Å². The molecule has 10 nitrogen and oxygen atoms in total. The number of allylic oxidation sites excluding steroid dienone is 4. The summed E-state index contributed by atoms with van der Waals surface area (Å²) < 4.78 is 26.8. The van der Waals surface area contributed by atoms with Gasteiger partial charge in [0, 0.05) is 67.5 Å². The lowest BCUT2D eigenvalue weighted by molar-refractivity contribution is -0.0854. The van der Waals surface area contributed by atoms with Crippen molar-refractivity contribution in [2.24, 2.45) is 23.7 Å². The topological polar surface area (TPSA) is 147 Å². The average Bonchev–Trinajstić information content (AvgIpc) is 3.27. The molecule has 362 valence electrons. The van der Waals surface area contributed by atoms with E-state index < -0.39 is 6.29 Å². The Bertz CT molecular complexity index is 976. The second-order valence-electron chi connectivity index (χ2n) is 15.4. The molecule has 0 spiro atoms. The molecule has 0 heterocycles. The van der Waals surface area contributed by atoms with Crippen LogP contribution >= 0.6 is 0 Å². The minimum Gasteiger partial charge on any atom is -0.400 e. The van der Waals surface area contributed by atoms with E-state index in [0.29, 0.717) is 18.3 Å². The molecular formula is C50H102O10. The zero-order valence-corrected chi connectivity index (χ0v) is 42.3. The lowest BCUT2D eigenvalue weighted by Crippen LogP contribution is -2.23. The summed E-state index contributed by atoms with van der Waals surface area (Å²) in [6.07, 6.45) is 21.8. The maximum Gasteiger partial charge on any atom is 0.154 e. The van der Waals surface area contributed by atoms with Gasteiger partial charge in [-0.3, -0.25) is 0 Å². The molecule has 11 atom stereocenters. The average molecular weight is 863 g/mol. The van der Waals surface area contributed by atoms with Gasteiger partial charge in [0.2, 0.25) is 0 Å². The second-order valence-corrected chi connectivity index (χ2v) is 15.4. The Morgan fingerprint density at radius 3 is 1.18 bits per heavy atom. The van der Waals surface area contributed by atoms with E-state index in [1.165, 1.54) is 18.3 Å². The van der Waals surface area contributed by atoms with E-state index in [1.807, 2.05) is 46.8 Å². The SMILES string of the molecule is CC.CC.CCC(OC)C(C)CCC(O)C(C)/C=C/C=C(\C)CC(CCCO)OC.CCC(OC)C(C)CCC(O)C(C)/C=C/C=C(\C)C[C@@H](CC[C@@H](O)OC)OC.CO. The van der Waals surface area contributed by atoms with Gasteiger partial charge in [0.15, 0.2) is 6.29 Å². The molecule has 0 aliphatic carbocycles. The van der Waals surface area contributed by atoms with Crippen molar-refractivity contribution in [1.82, 2.24) is 0 Å². The quantitative estimate of drug-likeness (QED) is 0.0337. The second kappa shape index (κ2) is 48.6. The summed E-state index contributed by atoms with van der Waals surface area (Å²) >= 11 is 0. The predicted octanol–water partition coefficient (Wildman–Crippen LogP) is 10.6. The summed E-state index contributed by atoms with van der Waals surface area (Å²) in [4.78, 5) is 0. The van der Waals surface area contributed by atoms with E-state index in [2.05, 4.69) is 72.8 Å². The van der Waals surface area contributed by atoms with Gasteiger partial charge in [0.25, 0.3) is 0 Å². The summed E-state index contributed by atoms with van der Waals surface area (Å²) in [6, 6.07) is 0. The standard InChI is InChI=1S/C23H44O5.C22H42O4.2C2H6.CH4O/c1-8-22(27-6)19(4)12-14-21(24)18(3)11-9-10-17(2)16-20(26-5)13-15-23(25)28-7;1-7-22(26-6)19(4)13-14-21(24)18(3)11-8-10-17(2)16-20(25-5)12-9-15-23;3*1-2/h9-11,18-25H,8,12-16H2,1-7H3;8,10-11,18-24H,7,9,12-16H2,1-6H3;2*1-2H3;2H,1H3/b11-9+,17-10+;11-8+,17-10+;;;/t18?,19?,20-,21?,22?,23+;;;;/m1..../s1. The minimum atomic E-state index is -0.733. The van der Waals surface area contributed by atoms with Crippen LogP contribution in [0.4, 0.5) is 0 Å². The highest BCUT2D eigenvalue weighted by molar-refractivity contribution is 5.13. The fourth-order valence-electron chi connectivity index (χ4n) is 6.64. The van der Waals surface area contributed by atoms with E-state index in [0.717, 1.165) is 77.7 Å². The minimum absolute atomic E-state index is 0.0613. The van der Waals surface area contributed by atoms with Crippen molar-refractivity contribution in [3.63, 3.8) is 0 Å². The molecule has 0 bridgehead atoms. The first-order valence-electron chi connectivity index (χ1n) is 23.1. The molecule has 0 aromatic rings. The molecule has 0 aromatic heterocycles. The van der Waals surface area contributed by atoms with Crippen LogP contribution in [0.2, 0.25) is 0 Å². The number of hydrogen-bond donors (Lipinski definition) is 5. The Labute approximate surface area is 371 Å². The Morgan fingerprint density at radius 1 is 0.517 bits per heavy atom. The van der Waals surface area contributed by atoms with Crippen LogP contribution in [-0.2, 0) is 23.7 Å². The van der Waals surface area contributed by atoms with E-state index in [9.17, 15) is 15.3 Å². The molecule has 0 fully saturated rings. The van der Waals surface area contributed by atoms with Crippen LogP contribution < -0.4 is 0 Å². The third kappa shape index (κ3) is 38.3. The van der Waals surface area contributed by atoms with E-state index in [-0.39, 0.29) is 55.1 Å². The molecule has 9 unspecified atom stereocenters. The molecule has 0 rings (SSSR count). The van der Waals surface area contributed by atoms with Gasteiger partial charge in [-0.05, 0) is 96.3 Å². The number of aliphatic hydroxyl groups is 5. The van der Waals surface area contributed by atoms with Crippen LogP contribution in [0.1, 0.15) is 160 Å². The highest BCUT2D eigenvalue weighted by Crippen LogP contribution is 2.22. The molecule has 0 aliphatic heterocycles. The van der Waals surface area contributed by atoms with Gasteiger partial charge in [0.05, 0.1) is 36.6 Å². The fraction of sp³-hybridized carbons (Fsp3) is 0.840. The van der Waals surface area contributed by atoms with E-state index in [1.54, 1.807) is 28.4 Å². The molecule has 5 N–H and O–H groups in total. The van der Waals surface area contributed by atoms with Crippen LogP contribution in [0.15, 0.2) is 47.6 Å². The van der Waals surface area contributed by atoms with Gasteiger partial charge in [-0.15, -0.1) is 0 Å². The molecule has 0 aliphatic rings. The van der Waals surface area contributed by atoms with Crippen LogP contribution in [0.25, 0.3) is 0 Å². The van der Waals surface area contributed by atoms with Crippen LogP contribution in [0.5, 0.6) is 0 Å². The number of rotatable bonds is 31. The van der Waals surface area contributed by atoms with Crippen molar-refractivity contribution in [2.45, 2.75) is 203 Å². The maximum atomic E-state index is 10.4. The van der Waals surface area contributed by atoms with Crippen molar-refractivity contribution in [3.05, 3.63) is 47.6 Å². The van der Waals surface area contributed by atoms with E-state index in [4.69, 9.17) is 33.9 Å². The largest absolute Gasteiger partial charge is 0.400 e. The number of methoxy groups -OCH3 is 5. The van der Waals surface area contributed by atoms with Gasteiger partial charge < -0.3 is 49.2 Å². The van der Waals surface area contributed by atoms with Crippen molar-refractivity contribution in [1.29, 1.82) is 0 Å². The number of hydrogen-bond acceptors (Lipinski definition) is 10. The monoisotopic (exact) mass is 863 g/mol. The molecule has 0 amide bonds. The molecule has 10 heteroatoms. The normalized spacial score (nSPS) is 17.4. The van der Waals surface area contributed by atoms with E-state index >= 15 is 0 Å². The third-order valence-corrected chi connectivity index (χ3v) is 10.8. The molecule has 0 saturated heterocycles. The van der Waals surface area contributed by atoms with Gasteiger partial charge >= 0.3 is 0 Å². The van der Waals surface area contributed by atoms with Crippen LogP contribution in [-0.4, -0.2) is 118 Å². The maximum absolute atomic E-state index is 10.4. The van der Waals surface area contributed by atoms with Crippen molar-refractivity contribution < 1.29 is 49.2 Å². The summed E-state index contributed by atoms with van der Waals surface area (Å²) in [7, 11) is 9.43. The zero-order chi connectivity index (χ0) is 47.5. The summed E-state index contributed by atoms with van der Waals surface area (Å²) in [6.45, 7) is 25.1. The van der Waals surface area contributed by atoms with Gasteiger partial charge in [-0.2, -0.15) is 0 Å². The Balaban J connectivity index is -0.000000299. The van der Waals surface area contributed by atoms with Crippen LogP contribution in [0, 0.1) is 23.7 Å². The Kier molecular flexibility index (Phi) is 54.8.